The molecule has 1 aliphatic rings. The van der Waals surface area contributed by atoms with Gasteiger partial charge in [-0.25, -0.2) is 0 Å². The smallest absolute Gasteiger partial charge is 0.249 e. The Morgan fingerprint density at radius 1 is 1.33 bits per heavy atom. The number of nitrogens with one attached hydrogen (secondary N) is 2. The molecule has 27 heavy (non-hydrogen) atoms. The van der Waals surface area contributed by atoms with Crippen LogP contribution in [0.4, 0.5) is 5.95 Å². The highest BCUT2D eigenvalue weighted by atomic mass is 16.5. The number of hydrogen-bond acceptors (Lipinski definition) is 5. The molecule has 0 bridgehead atoms. The van der Waals surface area contributed by atoms with Crippen molar-refractivity contribution in [1.29, 1.82) is 0 Å². The summed E-state index contributed by atoms with van der Waals surface area (Å²) in [5.74, 6) is 4.44. The van der Waals surface area contributed by atoms with Crippen LogP contribution in [-0.4, -0.2) is 28.2 Å². The second-order valence-corrected chi connectivity index (χ2v) is 6.88. The molecule has 4 rings (SSSR count). The Hall–Kier alpha value is -3.09. The molecule has 2 unspecified atom stereocenters. The van der Waals surface area contributed by atoms with E-state index in [4.69, 9.17) is 9.15 Å². The number of hydrogen-bond donors (Lipinski definition) is 2. The van der Waals surface area contributed by atoms with E-state index in [1.165, 1.54) is 6.42 Å². The van der Waals surface area contributed by atoms with Gasteiger partial charge in [-0.15, -0.1) is 5.10 Å². The van der Waals surface area contributed by atoms with Crippen LogP contribution in [0.2, 0.25) is 0 Å². The molecule has 2 N–H and O–H groups in total. The number of amides is 1. The van der Waals surface area contributed by atoms with Crippen molar-refractivity contribution in [2.75, 3.05) is 12.4 Å². The number of benzene rings is 1. The van der Waals surface area contributed by atoms with Crippen LogP contribution in [0.15, 0.2) is 40.8 Å². The second-order valence-electron chi connectivity index (χ2n) is 6.88. The van der Waals surface area contributed by atoms with Crippen LogP contribution < -0.4 is 10.1 Å². The van der Waals surface area contributed by atoms with Crippen molar-refractivity contribution in [3.63, 3.8) is 0 Å². The van der Waals surface area contributed by atoms with Gasteiger partial charge in [-0.1, -0.05) is 19.1 Å². The van der Waals surface area contributed by atoms with Crippen LogP contribution in [0, 0.1) is 5.92 Å². The van der Waals surface area contributed by atoms with Gasteiger partial charge in [0.2, 0.25) is 11.9 Å². The standard InChI is InChI=1S/C20H22N4O3/c1-12-11-15(12)17-9-7-13(27-17)8-10-18(25)21-20-22-19(23-24-20)14-5-3-4-6-16(14)26-2/h3-7,9,12,15H,8,10-11H2,1-2H3,(H2,21,22,23,24,25). The quantitative estimate of drug-likeness (QED) is 0.664. The van der Waals surface area contributed by atoms with Gasteiger partial charge in [0.25, 0.3) is 0 Å². The number of anilines is 1. The second kappa shape index (κ2) is 7.26. The third-order valence-electron chi connectivity index (χ3n) is 4.85. The van der Waals surface area contributed by atoms with E-state index < -0.39 is 0 Å². The zero-order chi connectivity index (χ0) is 18.8. The van der Waals surface area contributed by atoms with Crippen LogP contribution in [0.1, 0.15) is 37.2 Å². The lowest BCUT2D eigenvalue weighted by atomic mass is 10.2. The first-order valence-electron chi connectivity index (χ1n) is 9.08. The molecule has 0 saturated heterocycles. The molecule has 0 aliphatic heterocycles. The minimum Gasteiger partial charge on any atom is -0.496 e. The monoisotopic (exact) mass is 366 g/mol. The molecular weight excluding hydrogens is 344 g/mol. The molecule has 0 spiro atoms. The summed E-state index contributed by atoms with van der Waals surface area (Å²) in [6.45, 7) is 2.22. The normalized spacial score (nSPS) is 18.3. The first kappa shape index (κ1) is 17.3. The maximum atomic E-state index is 12.2. The van der Waals surface area contributed by atoms with Crippen molar-refractivity contribution >= 4 is 11.9 Å². The first-order chi connectivity index (χ1) is 13.1. The fraction of sp³-hybridized carbons (Fsp3) is 0.350. The molecular formula is C20H22N4O3. The maximum absolute atomic E-state index is 12.2. The number of nitrogens with zero attached hydrogens (tertiary/aromatic N) is 2. The van der Waals surface area contributed by atoms with E-state index >= 15 is 0 Å². The molecule has 1 saturated carbocycles. The third kappa shape index (κ3) is 3.86. The number of aromatic amines is 1. The van der Waals surface area contributed by atoms with Crippen LogP contribution in [-0.2, 0) is 11.2 Å². The number of para-hydroxylation sites is 1. The average Bonchev–Trinajstić information content (AvgIpc) is 3.08. The van der Waals surface area contributed by atoms with Crippen molar-refractivity contribution < 1.29 is 13.9 Å². The summed E-state index contributed by atoms with van der Waals surface area (Å²) in [7, 11) is 1.60. The lowest BCUT2D eigenvalue weighted by Crippen LogP contribution is -2.13. The van der Waals surface area contributed by atoms with Crippen molar-refractivity contribution in [1.82, 2.24) is 15.2 Å². The number of aromatic nitrogens is 3. The minimum absolute atomic E-state index is 0.154. The Morgan fingerprint density at radius 3 is 2.93 bits per heavy atom. The third-order valence-corrected chi connectivity index (χ3v) is 4.85. The summed E-state index contributed by atoms with van der Waals surface area (Å²) in [6.07, 6.45) is 2.05. The van der Waals surface area contributed by atoms with Gasteiger partial charge < -0.3 is 9.15 Å². The molecule has 7 heteroatoms. The van der Waals surface area contributed by atoms with Crippen molar-refractivity contribution in [2.24, 2.45) is 5.92 Å². The van der Waals surface area contributed by atoms with Gasteiger partial charge in [0.05, 0.1) is 12.7 Å². The predicted octanol–water partition coefficient (Wildman–Crippen LogP) is 3.77. The van der Waals surface area contributed by atoms with Crippen LogP contribution >= 0.6 is 0 Å². The molecule has 1 amide bonds. The number of carbonyl (C=O) groups excluding carboxylic acids is 1. The lowest BCUT2D eigenvalue weighted by molar-refractivity contribution is -0.116. The SMILES string of the molecule is COc1ccccc1-c1nc(NC(=O)CCc2ccc(C3CC3C)o2)n[nH]1. The number of aryl methyl sites for hydroxylation is 1. The highest BCUT2D eigenvalue weighted by Crippen LogP contribution is 2.47. The Kier molecular flexibility index (Phi) is 4.66. The molecule has 1 fully saturated rings. The van der Waals surface area contributed by atoms with Gasteiger partial charge in [0.1, 0.15) is 17.3 Å². The van der Waals surface area contributed by atoms with Crippen LogP contribution in [0.3, 0.4) is 0 Å². The fourth-order valence-electron chi connectivity index (χ4n) is 3.15. The molecule has 7 nitrogen and oxygen atoms in total. The number of H-pyrrole nitrogens is 1. The van der Waals surface area contributed by atoms with Gasteiger partial charge in [-0.3, -0.25) is 15.2 Å². The van der Waals surface area contributed by atoms with E-state index in [1.54, 1.807) is 7.11 Å². The summed E-state index contributed by atoms with van der Waals surface area (Å²) in [6, 6.07) is 11.5. The van der Waals surface area contributed by atoms with Gasteiger partial charge in [-0.2, -0.15) is 4.98 Å². The summed E-state index contributed by atoms with van der Waals surface area (Å²) in [5, 5.41) is 9.60. The highest BCUT2D eigenvalue weighted by Gasteiger charge is 2.36. The van der Waals surface area contributed by atoms with E-state index in [2.05, 4.69) is 27.4 Å². The number of rotatable bonds is 7. The molecule has 1 aliphatic carbocycles. The number of carbonyl (C=O) groups is 1. The summed E-state index contributed by atoms with van der Waals surface area (Å²) < 4.78 is 11.2. The zero-order valence-electron chi connectivity index (χ0n) is 15.4. The largest absolute Gasteiger partial charge is 0.496 e. The molecule has 0 radical (unpaired) electrons. The Bertz CT molecular complexity index is 946. The van der Waals surface area contributed by atoms with E-state index in [9.17, 15) is 4.79 Å². The molecule has 140 valence electrons. The van der Waals surface area contributed by atoms with Crippen molar-refractivity contribution in [3.8, 4) is 17.1 Å². The summed E-state index contributed by atoms with van der Waals surface area (Å²) in [4.78, 5) is 16.5. The zero-order valence-corrected chi connectivity index (χ0v) is 15.4. The van der Waals surface area contributed by atoms with Gasteiger partial charge in [0, 0.05) is 18.8 Å². The lowest BCUT2D eigenvalue weighted by Gasteiger charge is -2.04. The Balaban J connectivity index is 1.33. The minimum atomic E-state index is -0.154. The molecule has 1 aromatic carbocycles. The van der Waals surface area contributed by atoms with E-state index in [1.807, 2.05) is 36.4 Å². The van der Waals surface area contributed by atoms with E-state index in [0.29, 0.717) is 36.3 Å². The molecule has 2 aromatic heterocycles. The van der Waals surface area contributed by atoms with E-state index in [-0.39, 0.29) is 11.9 Å². The number of ether oxygens (including phenoxy) is 1. The number of methoxy groups -OCH3 is 1. The van der Waals surface area contributed by atoms with Crippen molar-refractivity contribution in [3.05, 3.63) is 47.9 Å². The predicted molar refractivity (Wildman–Crippen MR) is 101 cm³/mol. The topological polar surface area (TPSA) is 93.0 Å². The summed E-state index contributed by atoms with van der Waals surface area (Å²) in [5.41, 5.74) is 0.783. The first-order valence-corrected chi connectivity index (χ1v) is 9.08. The molecule has 2 heterocycles. The van der Waals surface area contributed by atoms with Gasteiger partial charge in [-0.05, 0) is 36.6 Å². The van der Waals surface area contributed by atoms with Crippen LogP contribution in [0.5, 0.6) is 5.75 Å². The highest BCUT2D eigenvalue weighted by molar-refractivity contribution is 5.89. The maximum Gasteiger partial charge on any atom is 0.249 e. The molecule has 3 aromatic rings. The fourth-order valence-corrected chi connectivity index (χ4v) is 3.15. The van der Waals surface area contributed by atoms with E-state index in [0.717, 1.165) is 17.1 Å². The molecule has 2 atom stereocenters. The van der Waals surface area contributed by atoms with Crippen molar-refractivity contribution in [2.45, 2.75) is 32.1 Å². The Morgan fingerprint density at radius 2 is 2.15 bits per heavy atom. The number of furan rings is 1. The average molecular weight is 366 g/mol. The Labute approximate surface area is 157 Å². The van der Waals surface area contributed by atoms with Gasteiger partial charge in [0.15, 0.2) is 5.82 Å². The summed E-state index contributed by atoms with van der Waals surface area (Å²) >= 11 is 0. The van der Waals surface area contributed by atoms with Gasteiger partial charge >= 0.3 is 0 Å². The van der Waals surface area contributed by atoms with Crippen LogP contribution in [0.25, 0.3) is 11.4 Å².